The first kappa shape index (κ1) is 18.7. The number of rotatable bonds is 4. The van der Waals surface area contributed by atoms with Gasteiger partial charge in [-0.05, 0) is 50.1 Å². The van der Waals surface area contributed by atoms with E-state index in [1.165, 1.54) is 0 Å². The van der Waals surface area contributed by atoms with Gasteiger partial charge in [0.1, 0.15) is 11.5 Å². The van der Waals surface area contributed by atoms with Gasteiger partial charge in [-0.3, -0.25) is 5.10 Å². The van der Waals surface area contributed by atoms with Gasteiger partial charge in [-0.1, -0.05) is 46.9 Å². The lowest BCUT2D eigenvalue weighted by molar-refractivity contribution is 0.887. The highest BCUT2D eigenvalue weighted by Gasteiger charge is 2.29. The summed E-state index contributed by atoms with van der Waals surface area (Å²) in [5.74, 6) is 2.00. The third-order valence-corrected chi connectivity index (χ3v) is 5.85. The maximum Gasteiger partial charge on any atom is 0.201 e. The molecular weight excluding hydrogens is 429 g/mol. The number of nitrogens with zero attached hydrogens (tertiary/aromatic N) is 4. The van der Waals surface area contributed by atoms with E-state index in [-0.39, 0.29) is 0 Å². The highest BCUT2D eigenvalue weighted by atomic mass is 35.5. The molecule has 2 aromatic heterocycles. The summed E-state index contributed by atoms with van der Waals surface area (Å²) in [5.41, 5.74) is 4.27. The van der Waals surface area contributed by atoms with Gasteiger partial charge in [-0.25, -0.2) is 9.67 Å². The van der Waals surface area contributed by atoms with E-state index in [4.69, 9.17) is 39.9 Å². The maximum absolute atomic E-state index is 6.51. The highest BCUT2D eigenvalue weighted by molar-refractivity contribution is 6.35. The van der Waals surface area contributed by atoms with Gasteiger partial charge in [0.25, 0.3) is 0 Å². The lowest BCUT2D eigenvalue weighted by Crippen LogP contribution is -2.00. The second-order valence-corrected chi connectivity index (χ2v) is 8.44. The molecule has 0 unspecified atom stereocenters. The van der Waals surface area contributed by atoms with Crippen LogP contribution in [0, 0.1) is 6.92 Å². The molecule has 1 aliphatic carbocycles. The Bertz CT molecular complexity index is 1210. The average molecular weight is 445 g/mol. The topological polar surface area (TPSA) is 59.4 Å². The van der Waals surface area contributed by atoms with Crippen molar-refractivity contribution in [2.45, 2.75) is 25.7 Å². The van der Waals surface area contributed by atoms with Crippen LogP contribution in [0.15, 0.2) is 42.5 Å². The molecule has 0 radical (unpaired) electrons. The first-order chi connectivity index (χ1) is 14.0. The van der Waals surface area contributed by atoms with E-state index in [1.54, 1.807) is 12.1 Å². The number of nitrogens with one attached hydrogen (secondary N) is 1. The Hall–Kier alpha value is -2.34. The summed E-state index contributed by atoms with van der Waals surface area (Å²) in [6.07, 6.45) is 2.30. The summed E-state index contributed by atoms with van der Waals surface area (Å²) in [6, 6.07) is 13.0. The van der Waals surface area contributed by atoms with E-state index in [1.807, 2.05) is 41.9 Å². The second kappa shape index (κ2) is 7.17. The average Bonchev–Trinajstić information content (AvgIpc) is 3.34. The van der Waals surface area contributed by atoms with Crippen LogP contribution in [0.4, 0.5) is 0 Å². The van der Waals surface area contributed by atoms with Crippen LogP contribution in [0.5, 0.6) is 0 Å². The molecule has 5 rings (SSSR count). The van der Waals surface area contributed by atoms with Gasteiger partial charge in [0.05, 0.1) is 16.4 Å². The van der Waals surface area contributed by atoms with Crippen molar-refractivity contribution in [2.75, 3.05) is 0 Å². The fraction of sp³-hybridized carbons (Fsp3) is 0.190. The molecule has 8 heteroatoms. The van der Waals surface area contributed by atoms with Gasteiger partial charge in [-0.2, -0.15) is 10.2 Å². The molecule has 2 aromatic carbocycles. The van der Waals surface area contributed by atoms with Crippen LogP contribution in [0.1, 0.15) is 30.1 Å². The predicted molar refractivity (Wildman–Crippen MR) is 116 cm³/mol. The van der Waals surface area contributed by atoms with Crippen LogP contribution in [0.3, 0.4) is 0 Å². The summed E-state index contributed by atoms with van der Waals surface area (Å²) < 4.78 is 1.82. The molecule has 1 aliphatic rings. The van der Waals surface area contributed by atoms with Crippen LogP contribution >= 0.6 is 34.8 Å². The Morgan fingerprint density at radius 2 is 1.72 bits per heavy atom. The van der Waals surface area contributed by atoms with Crippen LogP contribution in [0.2, 0.25) is 15.1 Å². The fourth-order valence-corrected chi connectivity index (χ4v) is 4.02. The minimum atomic E-state index is 0.486. The van der Waals surface area contributed by atoms with Crippen LogP contribution in [-0.2, 0) is 0 Å². The largest absolute Gasteiger partial charge is 0.262 e. The normalized spacial score (nSPS) is 13.8. The first-order valence-electron chi connectivity index (χ1n) is 9.25. The molecule has 0 spiro atoms. The van der Waals surface area contributed by atoms with E-state index in [2.05, 4.69) is 15.2 Å². The van der Waals surface area contributed by atoms with Crippen molar-refractivity contribution in [1.82, 2.24) is 25.0 Å². The van der Waals surface area contributed by atoms with E-state index in [9.17, 15) is 0 Å². The number of halogens is 3. The molecule has 4 aromatic rings. The van der Waals surface area contributed by atoms with Crippen molar-refractivity contribution in [1.29, 1.82) is 0 Å². The molecule has 1 N–H and O–H groups in total. The second-order valence-electron chi connectivity index (χ2n) is 7.16. The number of aromatic nitrogens is 5. The third kappa shape index (κ3) is 3.44. The summed E-state index contributed by atoms with van der Waals surface area (Å²) >= 11 is 18.7. The molecule has 0 amide bonds. The number of benzene rings is 2. The fourth-order valence-electron chi connectivity index (χ4n) is 3.40. The summed E-state index contributed by atoms with van der Waals surface area (Å²) in [7, 11) is 0. The van der Waals surface area contributed by atoms with E-state index >= 15 is 0 Å². The van der Waals surface area contributed by atoms with Crippen molar-refractivity contribution in [3.63, 3.8) is 0 Å². The molecule has 2 heterocycles. The summed E-state index contributed by atoms with van der Waals surface area (Å²) in [5, 5.41) is 14.1. The number of H-pyrrole nitrogens is 1. The van der Waals surface area contributed by atoms with Gasteiger partial charge in [0.15, 0.2) is 0 Å². The standard InChI is InChI=1S/C21H16Cl3N5/c1-11-18(21-25-20(26-27-21)13-2-3-13)28-29(17-9-8-15(23)10-16(17)24)19(11)12-4-6-14(22)7-5-12/h4-10,13H,2-3H2,1H3,(H,25,26,27). The Labute approximate surface area is 182 Å². The Kier molecular flexibility index (Phi) is 4.62. The van der Waals surface area contributed by atoms with E-state index in [0.717, 1.165) is 41.2 Å². The lowest BCUT2D eigenvalue weighted by atomic mass is 10.1. The van der Waals surface area contributed by atoms with Crippen LogP contribution < -0.4 is 0 Å². The molecule has 0 aliphatic heterocycles. The number of hydrogen-bond acceptors (Lipinski definition) is 3. The SMILES string of the molecule is Cc1c(-c2n[nH]c(C3CC3)n2)nn(-c2ccc(Cl)cc2Cl)c1-c1ccc(Cl)cc1. The Balaban J connectivity index is 1.72. The smallest absolute Gasteiger partial charge is 0.201 e. The molecule has 146 valence electrons. The monoisotopic (exact) mass is 443 g/mol. The molecule has 0 atom stereocenters. The highest BCUT2D eigenvalue weighted by Crippen LogP contribution is 2.39. The maximum atomic E-state index is 6.51. The molecule has 29 heavy (non-hydrogen) atoms. The van der Waals surface area contributed by atoms with Gasteiger partial charge in [0.2, 0.25) is 5.82 Å². The van der Waals surface area contributed by atoms with Crippen molar-refractivity contribution in [3.8, 4) is 28.5 Å². The number of hydrogen-bond donors (Lipinski definition) is 1. The molecule has 0 bridgehead atoms. The van der Waals surface area contributed by atoms with Gasteiger partial charge in [-0.15, -0.1) is 0 Å². The first-order valence-corrected chi connectivity index (χ1v) is 10.4. The Morgan fingerprint density at radius 3 is 2.41 bits per heavy atom. The Morgan fingerprint density at radius 1 is 1.00 bits per heavy atom. The van der Waals surface area contributed by atoms with Crippen molar-refractivity contribution in [3.05, 3.63) is 68.9 Å². The summed E-state index contributed by atoms with van der Waals surface area (Å²) in [4.78, 5) is 4.68. The third-order valence-electron chi connectivity index (χ3n) is 5.06. The molecule has 5 nitrogen and oxygen atoms in total. The molecule has 0 saturated heterocycles. The zero-order valence-electron chi connectivity index (χ0n) is 15.5. The molecule has 1 fully saturated rings. The molecular formula is C21H16Cl3N5. The predicted octanol–water partition coefficient (Wildman–Crippen LogP) is 6.47. The van der Waals surface area contributed by atoms with Crippen LogP contribution in [0.25, 0.3) is 28.5 Å². The summed E-state index contributed by atoms with van der Waals surface area (Å²) in [6.45, 7) is 2.01. The lowest BCUT2D eigenvalue weighted by Gasteiger charge is -2.11. The van der Waals surface area contributed by atoms with Crippen molar-refractivity contribution >= 4 is 34.8 Å². The van der Waals surface area contributed by atoms with Crippen LogP contribution in [-0.4, -0.2) is 25.0 Å². The van der Waals surface area contributed by atoms with E-state index in [0.29, 0.717) is 32.5 Å². The van der Waals surface area contributed by atoms with Crippen molar-refractivity contribution < 1.29 is 0 Å². The van der Waals surface area contributed by atoms with Gasteiger partial charge >= 0.3 is 0 Å². The zero-order valence-corrected chi connectivity index (χ0v) is 17.7. The zero-order chi connectivity index (χ0) is 20.1. The quantitative estimate of drug-likeness (QED) is 0.392. The minimum Gasteiger partial charge on any atom is -0.262 e. The van der Waals surface area contributed by atoms with E-state index < -0.39 is 0 Å². The minimum absolute atomic E-state index is 0.486. The molecule has 1 saturated carbocycles. The van der Waals surface area contributed by atoms with Gasteiger partial charge < -0.3 is 0 Å². The van der Waals surface area contributed by atoms with Gasteiger partial charge in [0, 0.05) is 27.1 Å². The number of aromatic amines is 1. The van der Waals surface area contributed by atoms with Crippen molar-refractivity contribution in [2.24, 2.45) is 0 Å².